The SMILES string of the molecule is CC(C)N(C(=O)c1ccc(N([O-])O)cc1)C(C)C. The van der Waals surface area contributed by atoms with Gasteiger partial charge in [-0.25, -0.2) is 0 Å². The average Bonchev–Trinajstić information content (AvgIpc) is 2.28. The van der Waals surface area contributed by atoms with Crippen LogP contribution in [0.5, 0.6) is 0 Å². The molecule has 1 N–H and O–H groups in total. The zero-order chi connectivity index (χ0) is 13.9. The highest BCUT2D eigenvalue weighted by Crippen LogP contribution is 2.16. The van der Waals surface area contributed by atoms with Crippen molar-refractivity contribution in [1.82, 2.24) is 4.90 Å². The van der Waals surface area contributed by atoms with Gasteiger partial charge in [0.1, 0.15) is 0 Å². The summed E-state index contributed by atoms with van der Waals surface area (Å²) in [5.41, 5.74) is 0.607. The first-order valence-corrected chi connectivity index (χ1v) is 5.93. The van der Waals surface area contributed by atoms with Crippen molar-refractivity contribution in [3.63, 3.8) is 0 Å². The normalized spacial score (nSPS) is 10.9. The Morgan fingerprint density at radius 3 is 1.89 bits per heavy atom. The van der Waals surface area contributed by atoms with E-state index in [2.05, 4.69) is 0 Å². The standard InChI is InChI=1S/C13H19N2O3/c1-9(2)14(10(3)4)13(16)11-5-7-12(8-6-11)15(17)18/h5-10,17H,1-4H3/q-1. The molecule has 0 spiro atoms. The zero-order valence-electron chi connectivity index (χ0n) is 11.1. The van der Waals surface area contributed by atoms with Crippen molar-refractivity contribution in [3.05, 3.63) is 35.0 Å². The van der Waals surface area contributed by atoms with Gasteiger partial charge in [0.15, 0.2) is 0 Å². The van der Waals surface area contributed by atoms with E-state index in [4.69, 9.17) is 5.21 Å². The number of rotatable bonds is 4. The van der Waals surface area contributed by atoms with Crippen LogP contribution >= 0.6 is 0 Å². The second kappa shape index (κ2) is 5.84. The number of amides is 1. The van der Waals surface area contributed by atoms with Crippen molar-refractivity contribution in [2.75, 3.05) is 5.23 Å². The zero-order valence-corrected chi connectivity index (χ0v) is 11.1. The highest BCUT2D eigenvalue weighted by Gasteiger charge is 2.21. The minimum absolute atomic E-state index is 0.0815. The summed E-state index contributed by atoms with van der Waals surface area (Å²) in [4.78, 5) is 14.0. The number of nitrogens with zero attached hydrogens (tertiary/aromatic N) is 2. The van der Waals surface area contributed by atoms with Gasteiger partial charge in [0, 0.05) is 17.6 Å². The Balaban J connectivity index is 2.95. The first-order chi connectivity index (χ1) is 8.34. The molecule has 0 saturated heterocycles. The lowest BCUT2D eigenvalue weighted by Gasteiger charge is -2.31. The van der Waals surface area contributed by atoms with Gasteiger partial charge in [0.25, 0.3) is 5.91 Å². The molecule has 1 rings (SSSR count). The molecule has 100 valence electrons. The predicted molar refractivity (Wildman–Crippen MR) is 70.5 cm³/mol. The van der Waals surface area contributed by atoms with Crippen LogP contribution in [0.25, 0.3) is 0 Å². The van der Waals surface area contributed by atoms with E-state index < -0.39 is 0 Å². The van der Waals surface area contributed by atoms with E-state index in [9.17, 15) is 10.0 Å². The van der Waals surface area contributed by atoms with Gasteiger partial charge < -0.3 is 15.3 Å². The topological polar surface area (TPSA) is 66.8 Å². The maximum absolute atomic E-state index is 12.3. The van der Waals surface area contributed by atoms with Crippen molar-refractivity contribution in [2.45, 2.75) is 39.8 Å². The van der Waals surface area contributed by atoms with Crippen molar-refractivity contribution >= 4 is 11.6 Å². The molecule has 0 aliphatic heterocycles. The summed E-state index contributed by atoms with van der Waals surface area (Å²) in [5.74, 6) is -0.0815. The fourth-order valence-electron chi connectivity index (χ4n) is 1.95. The summed E-state index contributed by atoms with van der Waals surface area (Å²) < 4.78 is 0. The second-order valence-corrected chi connectivity index (χ2v) is 4.72. The number of anilines is 1. The summed E-state index contributed by atoms with van der Waals surface area (Å²) in [6, 6.07) is 6.11. The fraction of sp³-hybridized carbons (Fsp3) is 0.462. The Kier molecular flexibility index (Phi) is 4.69. The van der Waals surface area contributed by atoms with Crippen molar-refractivity contribution < 1.29 is 10.0 Å². The molecular formula is C13H19N2O3-. The monoisotopic (exact) mass is 251 g/mol. The molecule has 0 heterocycles. The van der Waals surface area contributed by atoms with Crippen LogP contribution in [-0.2, 0) is 0 Å². The molecular weight excluding hydrogens is 232 g/mol. The quantitative estimate of drug-likeness (QED) is 0.835. The highest BCUT2D eigenvalue weighted by atomic mass is 16.8. The average molecular weight is 251 g/mol. The van der Waals surface area contributed by atoms with Gasteiger partial charge in [0.05, 0.1) is 5.69 Å². The second-order valence-electron chi connectivity index (χ2n) is 4.72. The fourth-order valence-corrected chi connectivity index (χ4v) is 1.95. The maximum atomic E-state index is 12.3. The van der Waals surface area contributed by atoms with Crippen LogP contribution in [0.1, 0.15) is 38.1 Å². The summed E-state index contributed by atoms with van der Waals surface area (Å²) in [5, 5.41) is 19.1. The van der Waals surface area contributed by atoms with Gasteiger partial charge in [-0.2, -0.15) is 0 Å². The predicted octanol–water partition coefficient (Wildman–Crippen LogP) is 2.64. The molecule has 18 heavy (non-hydrogen) atoms. The van der Waals surface area contributed by atoms with Crippen LogP contribution in [-0.4, -0.2) is 28.1 Å². The van der Waals surface area contributed by atoms with Gasteiger partial charge >= 0.3 is 0 Å². The summed E-state index contributed by atoms with van der Waals surface area (Å²) in [7, 11) is 0. The molecule has 1 amide bonds. The number of benzene rings is 1. The summed E-state index contributed by atoms with van der Waals surface area (Å²) in [6.45, 7) is 7.83. The van der Waals surface area contributed by atoms with Gasteiger partial charge in [-0.05, 0) is 52.0 Å². The first-order valence-electron chi connectivity index (χ1n) is 5.93. The molecule has 0 fully saturated rings. The minimum atomic E-state index is -0.225. The molecule has 0 aromatic heterocycles. The van der Waals surface area contributed by atoms with E-state index in [1.807, 2.05) is 27.7 Å². The van der Waals surface area contributed by atoms with Crippen molar-refractivity contribution in [1.29, 1.82) is 0 Å². The van der Waals surface area contributed by atoms with Crippen LogP contribution in [0.15, 0.2) is 24.3 Å². The van der Waals surface area contributed by atoms with Gasteiger partial charge in [-0.15, -0.1) is 0 Å². The van der Waals surface area contributed by atoms with E-state index in [0.717, 1.165) is 0 Å². The van der Waals surface area contributed by atoms with Crippen molar-refractivity contribution in [3.8, 4) is 0 Å². The lowest BCUT2D eigenvalue weighted by molar-refractivity contribution is 0.0643. The number of carbonyl (C=O) groups excluding carboxylic acids is 1. The van der Waals surface area contributed by atoms with Gasteiger partial charge in [-0.1, -0.05) is 0 Å². The molecule has 5 nitrogen and oxygen atoms in total. The summed E-state index contributed by atoms with van der Waals surface area (Å²) >= 11 is 0. The summed E-state index contributed by atoms with van der Waals surface area (Å²) in [6.07, 6.45) is 0. The molecule has 0 aliphatic rings. The lowest BCUT2D eigenvalue weighted by atomic mass is 10.1. The third kappa shape index (κ3) is 3.21. The van der Waals surface area contributed by atoms with Crippen LogP contribution in [0, 0.1) is 5.21 Å². The smallest absolute Gasteiger partial charge is 0.254 e. The third-order valence-corrected chi connectivity index (χ3v) is 2.68. The molecule has 0 saturated carbocycles. The Hall–Kier alpha value is -1.59. The molecule has 1 aromatic rings. The van der Waals surface area contributed by atoms with Crippen LogP contribution < -0.4 is 5.23 Å². The van der Waals surface area contributed by atoms with Crippen LogP contribution in [0.2, 0.25) is 0 Å². The van der Waals surface area contributed by atoms with E-state index in [-0.39, 0.29) is 28.9 Å². The Labute approximate surface area is 107 Å². The van der Waals surface area contributed by atoms with E-state index in [1.165, 1.54) is 24.3 Å². The Bertz CT molecular complexity index is 391. The number of carbonyl (C=O) groups is 1. The maximum Gasteiger partial charge on any atom is 0.254 e. The third-order valence-electron chi connectivity index (χ3n) is 2.68. The lowest BCUT2D eigenvalue weighted by Crippen LogP contribution is -2.42. The molecule has 0 atom stereocenters. The van der Waals surface area contributed by atoms with E-state index in [1.54, 1.807) is 4.90 Å². The molecule has 5 heteroatoms. The van der Waals surface area contributed by atoms with Gasteiger partial charge in [-0.3, -0.25) is 10.0 Å². The molecule has 0 radical (unpaired) electrons. The molecule has 0 bridgehead atoms. The Morgan fingerprint density at radius 2 is 1.56 bits per heavy atom. The largest absolute Gasteiger partial charge is 0.733 e. The van der Waals surface area contributed by atoms with E-state index >= 15 is 0 Å². The first kappa shape index (κ1) is 14.5. The van der Waals surface area contributed by atoms with Gasteiger partial charge in [0.2, 0.25) is 0 Å². The van der Waals surface area contributed by atoms with Crippen LogP contribution in [0.3, 0.4) is 0 Å². The van der Waals surface area contributed by atoms with E-state index in [0.29, 0.717) is 5.56 Å². The number of hydrogen-bond acceptors (Lipinski definition) is 4. The number of hydrogen-bond donors (Lipinski definition) is 1. The Morgan fingerprint density at radius 1 is 1.11 bits per heavy atom. The molecule has 0 unspecified atom stereocenters. The minimum Gasteiger partial charge on any atom is -0.733 e. The van der Waals surface area contributed by atoms with Crippen molar-refractivity contribution in [2.24, 2.45) is 0 Å². The molecule has 1 aromatic carbocycles. The molecule has 0 aliphatic carbocycles. The highest BCUT2D eigenvalue weighted by molar-refractivity contribution is 5.94. The van der Waals surface area contributed by atoms with Crippen LogP contribution in [0.4, 0.5) is 5.69 Å².